The maximum absolute atomic E-state index is 12.5. The number of nitriles is 1. The monoisotopic (exact) mass is 328 g/mol. The number of hydrogen-bond donors (Lipinski definition) is 1. The van der Waals surface area contributed by atoms with Crippen molar-refractivity contribution in [2.45, 2.75) is 19.4 Å². The van der Waals surface area contributed by atoms with E-state index in [9.17, 15) is 9.59 Å². The van der Waals surface area contributed by atoms with E-state index >= 15 is 0 Å². The Morgan fingerprint density at radius 3 is 2.67 bits per heavy atom. The third-order valence-electron chi connectivity index (χ3n) is 3.78. The lowest BCUT2D eigenvalue weighted by molar-refractivity contribution is -0.167. The van der Waals surface area contributed by atoms with Gasteiger partial charge in [-0.1, -0.05) is 12.1 Å². The number of nitrogens with two attached hydrogens (primary N) is 1. The Morgan fingerprint density at radius 2 is 2.08 bits per heavy atom. The van der Waals surface area contributed by atoms with E-state index in [1.807, 2.05) is 18.9 Å². The molecule has 1 atom stereocenters. The summed E-state index contributed by atoms with van der Waals surface area (Å²) >= 11 is 0. The second-order valence-corrected chi connectivity index (χ2v) is 5.44. The van der Waals surface area contributed by atoms with Gasteiger partial charge in [-0.2, -0.15) is 10.3 Å². The van der Waals surface area contributed by atoms with Gasteiger partial charge >= 0.3 is 0 Å². The van der Waals surface area contributed by atoms with Crippen molar-refractivity contribution in [1.29, 1.82) is 5.26 Å². The third kappa shape index (κ3) is 4.28. The molecule has 0 radical (unpaired) electrons. The summed E-state index contributed by atoms with van der Waals surface area (Å²) in [6.07, 6.45) is 0.336. The molecule has 1 aromatic carbocycles. The second-order valence-electron chi connectivity index (χ2n) is 5.44. The summed E-state index contributed by atoms with van der Waals surface area (Å²) in [5.74, 6) is 1.50. The van der Waals surface area contributed by atoms with E-state index in [1.54, 1.807) is 29.3 Å². The minimum atomic E-state index is -0.764. The molecule has 7 nitrogen and oxygen atoms in total. The van der Waals surface area contributed by atoms with Crippen molar-refractivity contribution in [2.24, 2.45) is 5.73 Å². The van der Waals surface area contributed by atoms with Gasteiger partial charge in [0.1, 0.15) is 11.6 Å². The number of carbonyl (C=O) groups is 1. The van der Waals surface area contributed by atoms with E-state index in [0.717, 1.165) is 5.56 Å². The van der Waals surface area contributed by atoms with Crippen LogP contribution in [-0.2, 0) is 20.8 Å². The van der Waals surface area contributed by atoms with Crippen molar-refractivity contribution in [1.82, 2.24) is 9.96 Å². The van der Waals surface area contributed by atoms with Crippen LogP contribution in [0.1, 0.15) is 18.1 Å². The summed E-state index contributed by atoms with van der Waals surface area (Å²) in [7, 11) is 0. The van der Waals surface area contributed by atoms with Crippen LogP contribution in [0.4, 0.5) is 0 Å². The van der Waals surface area contributed by atoms with Crippen molar-refractivity contribution in [3.8, 4) is 6.07 Å². The smallest absolute Gasteiger partial charge is 0.244 e. The molecule has 126 valence electrons. The van der Waals surface area contributed by atoms with Gasteiger partial charge < -0.3 is 10.6 Å². The SMILES string of the molecule is CCON1CCN(C(=O)C(N)Cc2ccc(C#N)cc2)C(=C=O)C1. The first kappa shape index (κ1) is 17.9. The van der Waals surface area contributed by atoms with Crippen LogP contribution in [0.2, 0.25) is 0 Å². The van der Waals surface area contributed by atoms with E-state index in [0.29, 0.717) is 31.7 Å². The number of piperazine rings is 1. The van der Waals surface area contributed by atoms with Crippen LogP contribution >= 0.6 is 0 Å². The molecule has 24 heavy (non-hydrogen) atoms. The number of rotatable bonds is 5. The lowest BCUT2D eigenvalue weighted by Crippen LogP contribution is -2.52. The molecule has 2 N–H and O–H groups in total. The van der Waals surface area contributed by atoms with Crippen LogP contribution in [0, 0.1) is 11.3 Å². The molecule has 1 aliphatic heterocycles. The Morgan fingerprint density at radius 1 is 1.38 bits per heavy atom. The predicted octanol–water partition coefficient (Wildman–Crippen LogP) is 0.239. The van der Waals surface area contributed by atoms with Gasteiger partial charge in [0, 0.05) is 13.1 Å². The van der Waals surface area contributed by atoms with Gasteiger partial charge in [0.15, 0.2) is 0 Å². The molecular formula is C17H20N4O3. The van der Waals surface area contributed by atoms with Gasteiger partial charge in [-0.15, -0.1) is 0 Å². The zero-order valence-electron chi connectivity index (χ0n) is 13.6. The van der Waals surface area contributed by atoms with Crippen LogP contribution < -0.4 is 5.73 Å². The minimum absolute atomic E-state index is 0.215. The molecule has 0 saturated carbocycles. The highest BCUT2D eigenvalue weighted by Crippen LogP contribution is 2.14. The van der Waals surface area contributed by atoms with Crippen LogP contribution in [0.25, 0.3) is 0 Å². The van der Waals surface area contributed by atoms with Gasteiger partial charge in [0.25, 0.3) is 0 Å². The summed E-state index contributed by atoms with van der Waals surface area (Å²) in [6, 6.07) is 8.19. The Bertz CT molecular complexity index is 674. The number of benzene rings is 1. The molecule has 1 saturated heterocycles. The number of hydrogen-bond acceptors (Lipinski definition) is 6. The van der Waals surface area contributed by atoms with Gasteiger partial charge in [-0.3, -0.25) is 9.63 Å². The summed E-state index contributed by atoms with van der Waals surface area (Å²) in [5, 5.41) is 10.4. The Kier molecular flexibility index (Phi) is 6.24. The van der Waals surface area contributed by atoms with Crippen molar-refractivity contribution < 1.29 is 14.4 Å². The fraction of sp³-hybridized carbons (Fsp3) is 0.412. The van der Waals surface area contributed by atoms with Crippen molar-refractivity contribution in [3.63, 3.8) is 0 Å². The van der Waals surface area contributed by atoms with Crippen LogP contribution in [0.5, 0.6) is 0 Å². The average Bonchev–Trinajstić information content (AvgIpc) is 2.62. The van der Waals surface area contributed by atoms with Crippen molar-refractivity contribution in [3.05, 3.63) is 41.1 Å². The average molecular weight is 328 g/mol. The van der Waals surface area contributed by atoms with Crippen LogP contribution in [0.15, 0.2) is 30.0 Å². The van der Waals surface area contributed by atoms with Crippen LogP contribution in [0.3, 0.4) is 0 Å². The molecule has 1 aliphatic rings. The molecule has 1 heterocycles. The minimum Gasteiger partial charge on any atom is -0.320 e. The van der Waals surface area contributed by atoms with Gasteiger partial charge in [-0.05, 0) is 31.0 Å². The fourth-order valence-electron chi connectivity index (χ4n) is 2.56. The molecule has 0 spiro atoms. The normalized spacial score (nSPS) is 16.4. The molecule has 2 rings (SSSR count). The summed E-state index contributed by atoms with van der Waals surface area (Å²) < 4.78 is 0. The molecule has 0 aromatic heterocycles. The summed E-state index contributed by atoms with van der Waals surface area (Å²) in [5.41, 5.74) is 7.66. The fourth-order valence-corrected chi connectivity index (χ4v) is 2.56. The Balaban J connectivity index is 2.01. The van der Waals surface area contributed by atoms with Gasteiger partial charge in [0.05, 0.1) is 30.8 Å². The molecule has 0 aliphatic carbocycles. The lowest BCUT2D eigenvalue weighted by Gasteiger charge is -2.35. The third-order valence-corrected chi connectivity index (χ3v) is 3.78. The largest absolute Gasteiger partial charge is 0.320 e. The van der Waals surface area contributed by atoms with E-state index in [-0.39, 0.29) is 18.1 Å². The summed E-state index contributed by atoms with van der Waals surface area (Å²) in [4.78, 5) is 30.5. The van der Waals surface area contributed by atoms with E-state index in [2.05, 4.69) is 0 Å². The number of carbonyl (C=O) groups excluding carboxylic acids is 2. The maximum Gasteiger partial charge on any atom is 0.244 e. The van der Waals surface area contributed by atoms with Gasteiger partial charge in [0.2, 0.25) is 5.91 Å². The standard InChI is InChI=1S/C17H20N4O3/c1-2-24-20-7-8-21(15(11-20)12-22)17(23)16(19)9-13-3-5-14(10-18)6-4-13/h3-6,16H,2,7-9,11,19H2,1H3. The van der Waals surface area contributed by atoms with Crippen molar-refractivity contribution >= 4 is 11.8 Å². The predicted molar refractivity (Wildman–Crippen MR) is 87.0 cm³/mol. The molecule has 1 fully saturated rings. The van der Waals surface area contributed by atoms with Crippen LogP contribution in [-0.4, -0.2) is 54.1 Å². The first-order valence-corrected chi connectivity index (χ1v) is 7.76. The van der Waals surface area contributed by atoms with E-state index in [4.69, 9.17) is 15.8 Å². The molecule has 1 aromatic rings. The Labute approximate surface area is 140 Å². The number of amides is 1. The molecule has 7 heteroatoms. The summed E-state index contributed by atoms with van der Waals surface area (Å²) in [6.45, 7) is 3.42. The first-order chi connectivity index (χ1) is 11.6. The highest BCUT2D eigenvalue weighted by Gasteiger charge is 2.30. The molecule has 0 bridgehead atoms. The Hall–Kier alpha value is -2.49. The van der Waals surface area contributed by atoms with E-state index < -0.39 is 6.04 Å². The van der Waals surface area contributed by atoms with Crippen molar-refractivity contribution in [2.75, 3.05) is 26.2 Å². The molecule has 1 amide bonds. The molecule has 1 unspecified atom stereocenters. The zero-order valence-corrected chi connectivity index (χ0v) is 13.6. The first-order valence-electron chi connectivity index (χ1n) is 7.76. The second kappa shape index (κ2) is 8.39. The number of hydroxylamine groups is 2. The highest BCUT2D eigenvalue weighted by atomic mass is 16.7. The van der Waals surface area contributed by atoms with Gasteiger partial charge in [-0.25, -0.2) is 4.79 Å². The highest BCUT2D eigenvalue weighted by molar-refractivity contribution is 5.85. The number of nitrogens with zero attached hydrogens (tertiary/aromatic N) is 3. The zero-order chi connectivity index (χ0) is 17.5. The lowest BCUT2D eigenvalue weighted by atomic mass is 10.0. The topological polar surface area (TPSA) is 99.7 Å². The maximum atomic E-state index is 12.5. The quantitative estimate of drug-likeness (QED) is 0.777. The van der Waals surface area contributed by atoms with E-state index in [1.165, 1.54) is 4.90 Å². The molecular weight excluding hydrogens is 308 g/mol.